The first-order chi connectivity index (χ1) is 17.8. The summed E-state index contributed by atoms with van der Waals surface area (Å²) in [6, 6.07) is 5.67. The smallest absolute Gasteiger partial charge is 0.317 e. The second kappa shape index (κ2) is 10.3. The summed E-state index contributed by atoms with van der Waals surface area (Å²) in [5.41, 5.74) is 2.91. The predicted molar refractivity (Wildman–Crippen MR) is 139 cm³/mol. The second-order valence-corrected chi connectivity index (χ2v) is 9.41. The maximum atomic E-state index is 14.6. The number of aromatic nitrogens is 4. The fourth-order valence-corrected chi connectivity index (χ4v) is 4.80. The number of nitrogens with zero attached hydrogens (tertiary/aromatic N) is 5. The topological polar surface area (TPSA) is 106 Å². The highest BCUT2D eigenvalue weighted by molar-refractivity contribution is 6.13. The maximum Gasteiger partial charge on any atom is 0.317 e. The Morgan fingerprint density at radius 1 is 1.19 bits per heavy atom. The van der Waals surface area contributed by atoms with E-state index in [1.54, 1.807) is 43.1 Å². The summed E-state index contributed by atoms with van der Waals surface area (Å²) in [5.74, 6) is -0.945. The Hall–Kier alpha value is -3.83. The predicted octanol–water partition coefficient (Wildman–Crippen LogP) is 3.19. The summed E-state index contributed by atoms with van der Waals surface area (Å²) in [6.45, 7) is 8.34. The van der Waals surface area contributed by atoms with E-state index in [9.17, 15) is 9.18 Å². The third-order valence-corrected chi connectivity index (χ3v) is 6.25. The van der Waals surface area contributed by atoms with Crippen LogP contribution >= 0.6 is 0 Å². The van der Waals surface area contributed by atoms with Gasteiger partial charge in [-0.25, -0.2) is 14.4 Å². The second-order valence-electron chi connectivity index (χ2n) is 9.41. The normalized spacial score (nSPS) is 17.9. The van der Waals surface area contributed by atoms with Gasteiger partial charge in [-0.2, -0.15) is 4.98 Å². The molecule has 4 aromatic rings. The number of aryl methyl sites for hydroxylation is 1. The highest BCUT2D eigenvalue weighted by atomic mass is 19.1. The molecule has 0 saturated carbocycles. The number of anilines is 2. The fourth-order valence-electron chi connectivity index (χ4n) is 4.80. The van der Waals surface area contributed by atoms with E-state index in [1.165, 1.54) is 6.07 Å². The quantitative estimate of drug-likeness (QED) is 0.368. The Bertz CT molecular complexity index is 1450. The van der Waals surface area contributed by atoms with Crippen molar-refractivity contribution in [3.8, 4) is 6.01 Å². The molecule has 0 aliphatic carbocycles. The number of carbonyl (C=O) groups excluding carboxylic acids is 1. The van der Waals surface area contributed by atoms with Gasteiger partial charge >= 0.3 is 6.01 Å². The number of rotatable bonds is 7. The molecule has 0 bridgehead atoms. The van der Waals surface area contributed by atoms with E-state index >= 15 is 0 Å². The van der Waals surface area contributed by atoms with E-state index in [1.807, 2.05) is 6.07 Å². The molecule has 0 spiro atoms. The lowest BCUT2D eigenvalue weighted by atomic mass is 10.0. The molecule has 194 valence electrons. The third kappa shape index (κ3) is 5.18. The molecule has 1 aliphatic heterocycles. The first-order valence-corrected chi connectivity index (χ1v) is 12.2. The number of ether oxygens (including phenoxy) is 2. The summed E-state index contributed by atoms with van der Waals surface area (Å²) >= 11 is 0. The molecule has 11 heteroatoms. The van der Waals surface area contributed by atoms with Crippen LogP contribution in [0, 0.1) is 12.7 Å². The molecular weight excluding hydrogens is 477 g/mol. The number of halogens is 1. The van der Waals surface area contributed by atoms with Crippen LogP contribution in [0.25, 0.3) is 16.6 Å². The van der Waals surface area contributed by atoms with Gasteiger partial charge in [0, 0.05) is 68.0 Å². The molecule has 2 N–H and O–H groups in total. The number of piperazine rings is 1. The van der Waals surface area contributed by atoms with Crippen LogP contribution in [-0.2, 0) is 4.74 Å². The lowest BCUT2D eigenvalue weighted by Crippen LogP contribution is -2.54. The molecule has 4 heterocycles. The van der Waals surface area contributed by atoms with Crippen LogP contribution in [0.1, 0.15) is 29.9 Å². The van der Waals surface area contributed by atoms with Crippen LogP contribution in [0.2, 0.25) is 0 Å². The van der Waals surface area contributed by atoms with Crippen molar-refractivity contribution in [2.45, 2.75) is 32.9 Å². The molecule has 1 amide bonds. The molecule has 2 atom stereocenters. The zero-order valence-electron chi connectivity index (χ0n) is 21.3. The standard InChI is InChI=1S/C26H30FN7O3/c1-15-11-33(12-16(2)29-15)22-6-5-19(23-20(22)10-28-26(32-23)37-8-7-36-4)25(35)31-18-9-21(27)24-30-17(3)13-34(24)14-18/h5-6,9-10,13-16,29H,7-8,11-12H2,1-4H3,(H,31,35)/t15-,16+. The van der Waals surface area contributed by atoms with Crippen LogP contribution in [0.3, 0.4) is 0 Å². The number of carbonyl (C=O) groups is 1. The average Bonchev–Trinajstić information content (AvgIpc) is 3.23. The number of fused-ring (bicyclic) bond motifs is 2. The number of hydrogen-bond donors (Lipinski definition) is 2. The minimum Gasteiger partial charge on any atom is -0.461 e. The highest BCUT2D eigenvalue weighted by Crippen LogP contribution is 2.31. The molecule has 1 fully saturated rings. The van der Waals surface area contributed by atoms with Crippen molar-refractivity contribution in [2.75, 3.05) is 43.6 Å². The third-order valence-electron chi connectivity index (χ3n) is 6.25. The first kappa shape index (κ1) is 24.8. The first-order valence-electron chi connectivity index (χ1n) is 12.2. The molecule has 3 aromatic heterocycles. The van der Waals surface area contributed by atoms with Crippen LogP contribution in [0.4, 0.5) is 15.8 Å². The van der Waals surface area contributed by atoms with Gasteiger partial charge in [-0.3, -0.25) is 4.79 Å². The zero-order chi connectivity index (χ0) is 26.1. The summed E-state index contributed by atoms with van der Waals surface area (Å²) in [6.07, 6.45) is 5.02. The maximum absolute atomic E-state index is 14.6. The average molecular weight is 508 g/mol. The van der Waals surface area contributed by atoms with E-state index in [0.29, 0.717) is 41.2 Å². The zero-order valence-corrected chi connectivity index (χ0v) is 21.3. The van der Waals surface area contributed by atoms with Crippen molar-refractivity contribution in [2.24, 2.45) is 0 Å². The van der Waals surface area contributed by atoms with Gasteiger partial charge in [-0.05, 0) is 32.9 Å². The molecule has 0 unspecified atom stereocenters. The highest BCUT2D eigenvalue weighted by Gasteiger charge is 2.25. The minimum atomic E-state index is -0.524. The Morgan fingerprint density at radius 3 is 2.73 bits per heavy atom. The van der Waals surface area contributed by atoms with E-state index in [-0.39, 0.29) is 18.3 Å². The van der Waals surface area contributed by atoms with Gasteiger partial charge in [-0.15, -0.1) is 0 Å². The van der Waals surface area contributed by atoms with Crippen LogP contribution in [0.15, 0.2) is 36.8 Å². The van der Waals surface area contributed by atoms with Crippen LogP contribution < -0.4 is 20.3 Å². The molecule has 1 saturated heterocycles. The van der Waals surface area contributed by atoms with E-state index in [4.69, 9.17) is 9.47 Å². The summed E-state index contributed by atoms with van der Waals surface area (Å²) in [5, 5.41) is 7.08. The molecular formula is C26H30FN7O3. The van der Waals surface area contributed by atoms with Crippen LogP contribution in [-0.4, -0.2) is 70.8 Å². The van der Waals surface area contributed by atoms with E-state index in [0.717, 1.165) is 24.2 Å². The largest absolute Gasteiger partial charge is 0.461 e. The minimum absolute atomic E-state index is 0.152. The number of pyridine rings is 1. The van der Waals surface area contributed by atoms with Gasteiger partial charge in [0.15, 0.2) is 11.5 Å². The van der Waals surface area contributed by atoms with Crippen molar-refractivity contribution < 1.29 is 18.7 Å². The van der Waals surface area contributed by atoms with Crippen molar-refractivity contribution in [1.29, 1.82) is 0 Å². The molecule has 1 aliphatic rings. The van der Waals surface area contributed by atoms with Crippen molar-refractivity contribution in [3.63, 3.8) is 0 Å². The summed E-state index contributed by atoms with van der Waals surface area (Å²) in [7, 11) is 1.58. The SMILES string of the molecule is COCCOc1ncc2c(N3C[C@@H](C)N[C@@H](C)C3)ccc(C(=O)Nc3cc(F)c4nc(C)cn4c3)c2n1. The monoisotopic (exact) mass is 507 g/mol. The van der Waals surface area contributed by atoms with Gasteiger partial charge in [0.25, 0.3) is 5.91 Å². The molecule has 37 heavy (non-hydrogen) atoms. The molecule has 0 radical (unpaired) electrons. The lowest BCUT2D eigenvalue weighted by Gasteiger charge is -2.38. The number of nitrogens with one attached hydrogen (secondary N) is 2. The number of hydrogen-bond acceptors (Lipinski definition) is 8. The fraction of sp³-hybridized carbons (Fsp3) is 0.385. The van der Waals surface area contributed by atoms with E-state index < -0.39 is 11.7 Å². The van der Waals surface area contributed by atoms with Gasteiger partial charge in [0.1, 0.15) is 6.61 Å². The Labute approximate surface area is 213 Å². The van der Waals surface area contributed by atoms with Gasteiger partial charge < -0.3 is 29.4 Å². The number of benzene rings is 1. The molecule has 5 rings (SSSR count). The lowest BCUT2D eigenvalue weighted by molar-refractivity contribution is 0.102. The molecule has 10 nitrogen and oxygen atoms in total. The Balaban J connectivity index is 1.53. The van der Waals surface area contributed by atoms with Crippen LogP contribution in [0.5, 0.6) is 6.01 Å². The number of amides is 1. The van der Waals surface area contributed by atoms with Crippen molar-refractivity contribution >= 4 is 33.8 Å². The number of imidazole rings is 1. The summed E-state index contributed by atoms with van der Waals surface area (Å²) in [4.78, 5) is 28.9. The van der Waals surface area contributed by atoms with Gasteiger partial charge in [0.2, 0.25) is 0 Å². The Morgan fingerprint density at radius 2 is 1.97 bits per heavy atom. The Kier molecular flexibility index (Phi) is 6.90. The molecule has 1 aromatic carbocycles. The van der Waals surface area contributed by atoms with Gasteiger partial charge in [0.05, 0.1) is 29.1 Å². The number of methoxy groups -OCH3 is 1. The van der Waals surface area contributed by atoms with Crippen molar-refractivity contribution in [1.82, 2.24) is 24.7 Å². The van der Waals surface area contributed by atoms with Gasteiger partial charge in [-0.1, -0.05) is 0 Å². The van der Waals surface area contributed by atoms with E-state index in [2.05, 4.69) is 44.3 Å². The van der Waals surface area contributed by atoms with Crippen molar-refractivity contribution in [3.05, 3.63) is 53.9 Å². The summed E-state index contributed by atoms with van der Waals surface area (Å²) < 4.78 is 26.8.